The summed E-state index contributed by atoms with van der Waals surface area (Å²) in [6.07, 6.45) is 0.950. The number of sulfonamides is 1. The predicted octanol–water partition coefficient (Wildman–Crippen LogP) is 5.89. The van der Waals surface area contributed by atoms with Crippen LogP contribution in [0.2, 0.25) is 0 Å². The molecule has 282 valence electrons. The maximum Gasteiger partial charge on any atom is 0.418 e. The van der Waals surface area contributed by atoms with Crippen LogP contribution in [0.25, 0.3) is 0 Å². The molecule has 11 nitrogen and oxygen atoms in total. The molecule has 3 aromatic carbocycles. The molecule has 6 rings (SSSR count). The van der Waals surface area contributed by atoms with E-state index < -0.39 is 32.6 Å². The number of carbonyl (C=O) groups excluding carboxylic acids is 2. The number of hydrogen-bond donors (Lipinski definition) is 3. The van der Waals surface area contributed by atoms with Gasteiger partial charge in [-0.15, -0.1) is 11.8 Å². The van der Waals surface area contributed by atoms with Crippen molar-refractivity contribution in [1.82, 2.24) is 19.6 Å². The van der Waals surface area contributed by atoms with Crippen molar-refractivity contribution in [3.63, 3.8) is 0 Å². The Morgan fingerprint density at radius 3 is 2.16 bits per heavy atom. The lowest BCUT2D eigenvalue weighted by Crippen LogP contribution is -2.48. The van der Waals surface area contributed by atoms with Crippen molar-refractivity contribution in [1.29, 1.82) is 0 Å². The molecule has 2 aromatic heterocycles. The number of aromatic hydroxyl groups is 1. The molecule has 1 aliphatic heterocycles. The molecular formula is C39H33F3N6O5S2. The molecule has 55 heavy (non-hydrogen) atoms. The van der Waals surface area contributed by atoms with Gasteiger partial charge in [0.1, 0.15) is 5.75 Å². The molecule has 0 aliphatic carbocycles. The van der Waals surface area contributed by atoms with Crippen LogP contribution in [-0.2, 0) is 16.2 Å². The third-order valence-corrected chi connectivity index (χ3v) is 10.7. The second kappa shape index (κ2) is 17.0. The Balaban J connectivity index is 1.03. The standard InChI is InChI=1S/C39H33F3N6O5S2/c40-39(41,42)35-22-34(12-13-36(35)45-14-19-54-33-4-2-1-3-5-33)55(52,53)46-37(50)29-8-10-31(11-9-29)47-15-17-48(18-16-47)38(51)30-20-27(23-43-25-30)6-7-28-21-32(49)26-44-24-28/h1-5,8-13,20-26,45,49H,14-19H2,(H,46,50). The minimum absolute atomic E-state index is 0.00933. The van der Waals surface area contributed by atoms with Gasteiger partial charge in [-0.25, -0.2) is 13.1 Å². The molecule has 1 saturated heterocycles. The Hall–Kier alpha value is -6.05. The van der Waals surface area contributed by atoms with E-state index in [9.17, 15) is 36.3 Å². The van der Waals surface area contributed by atoms with E-state index in [2.05, 4.69) is 27.1 Å². The summed E-state index contributed by atoms with van der Waals surface area (Å²) < 4.78 is 69.9. The van der Waals surface area contributed by atoms with E-state index in [1.54, 1.807) is 23.1 Å². The van der Waals surface area contributed by atoms with Gasteiger partial charge in [0.25, 0.3) is 21.8 Å². The van der Waals surface area contributed by atoms with Crippen LogP contribution in [-0.4, -0.2) is 78.7 Å². The van der Waals surface area contributed by atoms with Gasteiger partial charge in [-0.1, -0.05) is 30.0 Å². The van der Waals surface area contributed by atoms with Crippen molar-refractivity contribution in [2.75, 3.05) is 48.7 Å². The largest absolute Gasteiger partial charge is 0.506 e. The van der Waals surface area contributed by atoms with Crippen LogP contribution >= 0.6 is 11.8 Å². The Morgan fingerprint density at radius 2 is 1.49 bits per heavy atom. The Labute approximate surface area is 319 Å². The van der Waals surface area contributed by atoms with Crippen LogP contribution in [0.3, 0.4) is 0 Å². The lowest BCUT2D eigenvalue weighted by molar-refractivity contribution is -0.137. The summed E-state index contributed by atoms with van der Waals surface area (Å²) >= 11 is 1.46. The fourth-order valence-corrected chi connectivity index (χ4v) is 7.42. The molecule has 0 bridgehead atoms. The molecule has 5 aromatic rings. The molecular weight excluding hydrogens is 754 g/mol. The third-order valence-electron chi connectivity index (χ3n) is 8.38. The number of aromatic nitrogens is 2. The van der Waals surface area contributed by atoms with E-state index >= 15 is 0 Å². The zero-order valence-corrected chi connectivity index (χ0v) is 30.6. The first kappa shape index (κ1) is 38.7. The first-order valence-electron chi connectivity index (χ1n) is 16.8. The molecule has 0 unspecified atom stereocenters. The quantitative estimate of drug-likeness (QED) is 0.0892. The summed E-state index contributed by atoms with van der Waals surface area (Å²) in [5.41, 5.74) is 0.672. The van der Waals surface area contributed by atoms with E-state index in [1.807, 2.05) is 40.0 Å². The maximum atomic E-state index is 14.0. The fraction of sp³-hybridized carbons (Fsp3) is 0.179. The van der Waals surface area contributed by atoms with Gasteiger partial charge in [0.15, 0.2) is 0 Å². The Bertz CT molecular complexity index is 2340. The number of piperazine rings is 1. The van der Waals surface area contributed by atoms with Gasteiger partial charge in [-0.2, -0.15) is 13.2 Å². The van der Waals surface area contributed by atoms with E-state index in [4.69, 9.17) is 0 Å². The molecule has 1 aliphatic rings. The topological polar surface area (TPSA) is 145 Å². The van der Waals surface area contributed by atoms with Crippen LogP contribution in [0.15, 0.2) is 120 Å². The van der Waals surface area contributed by atoms with E-state index in [0.29, 0.717) is 54.7 Å². The van der Waals surface area contributed by atoms with Crippen molar-refractivity contribution < 1.29 is 36.3 Å². The monoisotopic (exact) mass is 786 g/mol. The molecule has 0 spiro atoms. The summed E-state index contributed by atoms with van der Waals surface area (Å²) in [4.78, 5) is 38.2. The van der Waals surface area contributed by atoms with Gasteiger partial charge in [-0.3, -0.25) is 19.6 Å². The number of halogens is 3. The number of nitrogens with zero attached hydrogens (tertiary/aromatic N) is 4. The average Bonchev–Trinajstić information content (AvgIpc) is 3.18. The van der Waals surface area contributed by atoms with Crippen molar-refractivity contribution in [2.24, 2.45) is 0 Å². The van der Waals surface area contributed by atoms with Gasteiger partial charge in [0.2, 0.25) is 0 Å². The number of carbonyl (C=O) groups is 2. The van der Waals surface area contributed by atoms with Gasteiger partial charge in [0, 0.05) is 90.0 Å². The molecule has 0 radical (unpaired) electrons. The zero-order chi connectivity index (χ0) is 39.0. The first-order chi connectivity index (χ1) is 26.4. The number of amides is 2. The van der Waals surface area contributed by atoms with Crippen molar-refractivity contribution in [3.05, 3.63) is 138 Å². The molecule has 16 heteroatoms. The number of thioether (sulfide) groups is 1. The van der Waals surface area contributed by atoms with Crippen LogP contribution in [0, 0.1) is 11.8 Å². The summed E-state index contributed by atoms with van der Waals surface area (Å²) in [7, 11) is -4.66. The van der Waals surface area contributed by atoms with Crippen LogP contribution in [0.1, 0.15) is 37.4 Å². The van der Waals surface area contributed by atoms with Crippen molar-refractivity contribution in [3.8, 4) is 17.6 Å². The minimum atomic E-state index is -4.86. The first-order valence-corrected chi connectivity index (χ1v) is 19.3. The molecule has 0 saturated carbocycles. The average molecular weight is 787 g/mol. The lowest BCUT2D eigenvalue weighted by Gasteiger charge is -2.36. The van der Waals surface area contributed by atoms with Crippen LogP contribution in [0.5, 0.6) is 5.75 Å². The summed E-state index contributed by atoms with van der Waals surface area (Å²) in [5.74, 6) is 5.05. The van der Waals surface area contributed by atoms with E-state index in [0.717, 1.165) is 22.7 Å². The number of hydrogen-bond acceptors (Lipinski definition) is 10. The van der Waals surface area contributed by atoms with Crippen LogP contribution < -0.4 is 14.9 Å². The highest BCUT2D eigenvalue weighted by atomic mass is 32.2. The third kappa shape index (κ3) is 10.1. The van der Waals surface area contributed by atoms with E-state index in [-0.39, 0.29) is 29.5 Å². The molecule has 0 atom stereocenters. The summed E-state index contributed by atoms with van der Waals surface area (Å²) in [5, 5.41) is 12.3. The van der Waals surface area contributed by atoms with E-state index in [1.165, 1.54) is 54.7 Å². The van der Waals surface area contributed by atoms with Crippen molar-refractivity contribution in [2.45, 2.75) is 16.0 Å². The highest BCUT2D eigenvalue weighted by Crippen LogP contribution is 2.36. The van der Waals surface area contributed by atoms with Gasteiger partial charge < -0.3 is 20.2 Å². The normalized spacial score (nSPS) is 13.1. The maximum absolute atomic E-state index is 14.0. The Morgan fingerprint density at radius 1 is 0.818 bits per heavy atom. The predicted molar refractivity (Wildman–Crippen MR) is 202 cm³/mol. The molecule has 2 amide bonds. The molecule has 3 N–H and O–H groups in total. The highest BCUT2D eigenvalue weighted by Gasteiger charge is 2.35. The number of pyridine rings is 2. The second-order valence-electron chi connectivity index (χ2n) is 12.2. The summed E-state index contributed by atoms with van der Waals surface area (Å²) in [6.45, 7) is 1.93. The zero-order valence-electron chi connectivity index (χ0n) is 29.0. The van der Waals surface area contributed by atoms with Crippen molar-refractivity contribution >= 4 is 45.0 Å². The molecule has 1 fully saturated rings. The second-order valence-corrected chi connectivity index (χ2v) is 15.0. The molecule has 3 heterocycles. The smallest absolute Gasteiger partial charge is 0.418 e. The summed E-state index contributed by atoms with van der Waals surface area (Å²) in [6, 6.07) is 21.1. The van der Waals surface area contributed by atoms with Gasteiger partial charge >= 0.3 is 6.18 Å². The number of benzene rings is 3. The highest BCUT2D eigenvalue weighted by molar-refractivity contribution is 7.99. The Kier molecular flexibility index (Phi) is 11.9. The SMILES string of the molecule is O=C(NS(=O)(=O)c1ccc(NCCSc2ccccc2)c(C(F)(F)F)c1)c1ccc(N2CCN(C(=O)c3cncc(C#Cc4cncc(O)c4)c3)CC2)cc1. The van der Waals surface area contributed by atoms with Gasteiger partial charge in [-0.05, 0) is 66.7 Å². The number of rotatable bonds is 10. The minimum Gasteiger partial charge on any atom is -0.506 e. The number of nitrogens with one attached hydrogen (secondary N) is 2. The lowest BCUT2D eigenvalue weighted by atomic mass is 10.1. The van der Waals surface area contributed by atoms with Crippen LogP contribution in [0.4, 0.5) is 24.5 Å². The number of alkyl halides is 3. The fourth-order valence-electron chi connectivity index (χ4n) is 5.63. The van der Waals surface area contributed by atoms with Gasteiger partial charge in [0.05, 0.1) is 22.2 Å². The number of anilines is 2.